The predicted octanol–water partition coefficient (Wildman–Crippen LogP) is 3.06. The molecule has 2 aliphatic heterocycles. The van der Waals surface area contributed by atoms with Crippen LogP contribution in [0.2, 0.25) is 0 Å². The average Bonchev–Trinajstić information content (AvgIpc) is 3.41. The predicted molar refractivity (Wildman–Crippen MR) is 104 cm³/mol. The number of carbonyl (C=O) groups excluding carboxylic acids is 1. The zero-order chi connectivity index (χ0) is 20.0. The van der Waals surface area contributed by atoms with E-state index in [0.29, 0.717) is 48.7 Å². The van der Waals surface area contributed by atoms with Crippen molar-refractivity contribution in [1.82, 2.24) is 9.88 Å². The van der Waals surface area contributed by atoms with Crippen LogP contribution in [0.1, 0.15) is 16.8 Å². The molecular weight excluding hydrogens is 372 g/mol. The van der Waals surface area contributed by atoms with E-state index < -0.39 is 11.4 Å². The number of rotatable bonds is 3. The number of carbonyl (C=O) groups is 2. The molecule has 7 heteroatoms. The molecule has 5 rings (SSSR count). The minimum atomic E-state index is -0.930. The van der Waals surface area contributed by atoms with Crippen molar-refractivity contribution < 1.29 is 23.8 Å². The second kappa shape index (κ2) is 6.70. The van der Waals surface area contributed by atoms with Gasteiger partial charge in [0, 0.05) is 31.0 Å². The molecule has 1 amide bonds. The molecular formula is C22H20N2O5. The Morgan fingerprint density at radius 3 is 2.83 bits per heavy atom. The summed E-state index contributed by atoms with van der Waals surface area (Å²) in [5.74, 6) is -0.658. The highest BCUT2D eigenvalue weighted by molar-refractivity contribution is 6.07. The van der Waals surface area contributed by atoms with Gasteiger partial charge < -0.3 is 19.2 Å². The van der Waals surface area contributed by atoms with Crippen molar-refractivity contribution in [2.24, 2.45) is 11.3 Å². The molecule has 0 spiro atoms. The first-order valence-corrected chi connectivity index (χ1v) is 9.62. The SMILES string of the molecule is O=C(c1cc(-c2ccco2)nc2ccccc12)N1C[C@H]2COCC[C@@]2(C(=O)O)C1. The number of amides is 1. The quantitative estimate of drug-likeness (QED) is 0.736. The lowest BCUT2D eigenvalue weighted by Crippen LogP contribution is -2.45. The van der Waals surface area contributed by atoms with Crippen LogP contribution in [0.5, 0.6) is 0 Å². The van der Waals surface area contributed by atoms with Crippen molar-refractivity contribution >= 4 is 22.8 Å². The summed E-state index contributed by atoms with van der Waals surface area (Å²) in [6, 6.07) is 12.8. The lowest BCUT2D eigenvalue weighted by Gasteiger charge is -2.33. The number of nitrogens with zero attached hydrogens (tertiary/aromatic N) is 2. The highest BCUT2D eigenvalue weighted by Gasteiger charge is 2.55. The van der Waals surface area contributed by atoms with Crippen molar-refractivity contribution in [3.8, 4) is 11.5 Å². The Balaban J connectivity index is 1.57. The van der Waals surface area contributed by atoms with Crippen molar-refractivity contribution in [3.63, 3.8) is 0 Å². The Hall–Kier alpha value is -3.19. The Labute approximate surface area is 166 Å². The Bertz CT molecular complexity index is 1090. The minimum Gasteiger partial charge on any atom is -0.481 e. The number of benzene rings is 1. The normalized spacial score (nSPS) is 23.9. The van der Waals surface area contributed by atoms with E-state index in [4.69, 9.17) is 9.15 Å². The van der Waals surface area contributed by atoms with Gasteiger partial charge in [0.15, 0.2) is 5.76 Å². The number of carboxylic acids is 1. The highest BCUT2D eigenvalue weighted by atomic mass is 16.5. The average molecular weight is 392 g/mol. The standard InChI is InChI=1S/C22H20N2O5/c25-20(24-11-14-12-28-9-7-22(14,13-24)21(26)27)16-10-18(19-6-3-8-29-19)23-17-5-2-1-4-15(16)17/h1-6,8,10,14H,7,9,11-13H2,(H,26,27)/t14-,22+/m0/s1. The van der Waals surface area contributed by atoms with E-state index in [-0.39, 0.29) is 18.4 Å². The smallest absolute Gasteiger partial charge is 0.311 e. The molecule has 7 nitrogen and oxygen atoms in total. The number of aromatic nitrogens is 1. The molecule has 1 N–H and O–H groups in total. The Morgan fingerprint density at radius 2 is 2.07 bits per heavy atom. The molecule has 2 aromatic heterocycles. The van der Waals surface area contributed by atoms with Gasteiger partial charge in [0.25, 0.3) is 5.91 Å². The van der Waals surface area contributed by atoms with Crippen LogP contribution in [0.3, 0.4) is 0 Å². The lowest BCUT2D eigenvalue weighted by molar-refractivity contribution is -0.157. The van der Waals surface area contributed by atoms with E-state index in [0.717, 1.165) is 5.39 Å². The van der Waals surface area contributed by atoms with Gasteiger partial charge >= 0.3 is 5.97 Å². The number of ether oxygens (including phenoxy) is 1. The molecule has 0 bridgehead atoms. The van der Waals surface area contributed by atoms with Gasteiger partial charge in [-0.1, -0.05) is 18.2 Å². The maximum atomic E-state index is 13.5. The molecule has 3 aromatic rings. The van der Waals surface area contributed by atoms with Gasteiger partial charge in [-0.25, -0.2) is 4.98 Å². The lowest BCUT2D eigenvalue weighted by atomic mass is 9.74. The van der Waals surface area contributed by atoms with Crippen LogP contribution < -0.4 is 0 Å². The van der Waals surface area contributed by atoms with Gasteiger partial charge in [0.1, 0.15) is 5.69 Å². The monoisotopic (exact) mass is 392 g/mol. The van der Waals surface area contributed by atoms with Crippen LogP contribution in [-0.4, -0.2) is 53.2 Å². The van der Waals surface area contributed by atoms with Gasteiger partial charge in [-0.05, 0) is 30.7 Å². The first-order chi connectivity index (χ1) is 14.1. The largest absolute Gasteiger partial charge is 0.481 e. The van der Waals surface area contributed by atoms with Gasteiger partial charge in [0.2, 0.25) is 0 Å². The molecule has 2 saturated heterocycles. The summed E-state index contributed by atoms with van der Waals surface area (Å²) >= 11 is 0. The first kappa shape index (κ1) is 17.9. The van der Waals surface area contributed by atoms with E-state index in [2.05, 4.69) is 4.98 Å². The van der Waals surface area contributed by atoms with Crippen LogP contribution in [0.25, 0.3) is 22.4 Å². The number of pyridine rings is 1. The molecule has 29 heavy (non-hydrogen) atoms. The van der Waals surface area contributed by atoms with Gasteiger partial charge in [-0.15, -0.1) is 0 Å². The summed E-state index contributed by atoms with van der Waals surface area (Å²) in [6.07, 6.45) is 1.99. The first-order valence-electron chi connectivity index (χ1n) is 9.62. The van der Waals surface area contributed by atoms with E-state index in [1.54, 1.807) is 29.4 Å². The molecule has 0 aliphatic carbocycles. The number of likely N-dealkylation sites (tertiary alicyclic amines) is 1. The van der Waals surface area contributed by atoms with Crippen molar-refractivity contribution in [2.75, 3.05) is 26.3 Å². The second-order valence-corrected chi connectivity index (χ2v) is 7.72. The zero-order valence-electron chi connectivity index (χ0n) is 15.7. The molecule has 2 fully saturated rings. The Kier molecular flexibility index (Phi) is 4.13. The molecule has 2 aliphatic rings. The maximum Gasteiger partial charge on any atom is 0.311 e. The fraction of sp³-hybridized carbons (Fsp3) is 0.318. The van der Waals surface area contributed by atoms with Crippen molar-refractivity contribution in [2.45, 2.75) is 6.42 Å². The zero-order valence-corrected chi connectivity index (χ0v) is 15.7. The van der Waals surface area contributed by atoms with E-state index in [1.807, 2.05) is 24.3 Å². The van der Waals surface area contributed by atoms with Crippen molar-refractivity contribution in [3.05, 3.63) is 54.3 Å². The van der Waals surface area contributed by atoms with Crippen LogP contribution in [0.15, 0.2) is 53.1 Å². The summed E-state index contributed by atoms with van der Waals surface area (Å²) in [5.41, 5.74) is 0.838. The summed E-state index contributed by atoms with van der Waals surface area (Å²) in [4.78, 5) is 31.9. The summed E-state index contributed by atoms with van der Waals surface area (Å²) in [6.45, 7) is 1.34. The number of hydrogen-bond acceptors (Lipinski definition) is 5. The van der Waals surface area contributed by atoms with Crippen LogP contribution in [-0.2, 0) is 9.53 Å². The van der Waals surface area contributed by atoms with Gasteiger partial charge in [0.05, 0.1) is 29.4 Å². The fourth-order valence-corrected chi connectivity index (χ4v) is 4.53. The number of carboxylic acid groups (broad SMARTS) is 1. The third-order valence-corrected chi connectivity index (χ3v) is 6.14. The number of aliphatic carboxylic acids is 1. The van der Waals surface area contributed by atoms with Gasteiger partial charge in [-0.2, -0.15) is 0 Å². The third kappa shape index (κ3) is 2.81. The molecule has 0 unspecified atom stereocenters. The molecule has 148 valence electrons. The van der Waals surface area contributed by atoms with Gasteiger partial charge in [-0.3, -0.25) is 9.59 Å². The van der Waals surface area contributed by atoms with Crippen LogP contribution >= 0.6 is 0 Å². The highest BCUT2D eigenvalue weighted by Crippen LogP contribution is 2.43. The molecule has 0 radical (unpaired) electrons. The van der Waals surface area contributed by atoms with E-state index in [1.165, 1.54) is 0 Å². The van der Waals surface area contributed by atoms with E-state index >= 15 is 0 Å². The molecule has 2 atom stereocenters. The maximum absolute atomic E-state index is 13.5. The molecule has 1 aromatic carbocycles. The molecule has 0 saturated carbocycles. The number of hydrogen-bond donors (Lipinski definition) is 1. The Morgan fingerprint density at radius 1 is 1.21 bits per heavy atom. The van der Waals surface area contributed by atoms with Crippen LogP contribution in [0, 0.1) is 11.3 Å². The second-order valence-electron chi connectivity index (χ2n) is 7.72. The minimum absolute atomic E-state index is 0.188. The number of para-hydroxylation sites is 1. The summed E-state index contributed by atoms with van der Waals surface area (Å²) in [5, 5.41) is 10.6. The number of fused-ring (bicyclic) bond motifs is 2. The summed E-state index contributed by atoms with van der Waals surface area (Å²) in [7, 11) is 0. The topological polar surface area (TPSA) is 92.9 Å². The van der Waals surface area contributed by atoms with E-state index in [9.17, 15) is 14.7 Å². The number of furan rings is 1. The third-order valence-electron chi connectivity index (χ3n) is 6.14. The van der Waals surface area contributed by atoms with Crippen LogP contribution in [0.4, 0.5) is 0 Å². The van der Waals surface area contributed by atoms with Crippen molar-refractivity contribution in [1.29, 1.82) is 0 Å². The summed E-state index contributed by atoms with van der Waals surface area (Å²) < 4.78 is 11.0. The molecule has 4 heterocycles. The fourth-order valence-electron chi connectivity index (χ4n) is 4.53.